The third-order valence-corrected chi connectivity index (χ3v) is 1.74. The molecule has 2 aromatic rings. The minimum atomic E-state index is 0.737. The Morgan fingerprint density at radius 1 is 1.25 bits per heavy atom. The van der Waals surface area contributed by atoms with E-state index in [0.717, 1.165) is 16.7 Å². The Labute approximate surface area is 70.8 Å². The maximum absolute atomic E-state index is 4.83. The van der Waals surface area contributed by atoms with Gasteiger partial charge in [0, 0.05) is 17.6 Å². The minimum Gasteiger partial charge on any atom is -0.490 e. The van der Waals surface area contributed by atoms with Crippen LogP contribution in [-0.4, -0.2) is 4.98 Å². The van der Waals surface area contributed by atoms with E-state index in [9.17, 15) is 0 Å². The number of hydrogen-bond acceptors (Lipinski definition) is 2. The lowest BCUT2D eigenvalue weighted by Crippen LogP contribution is -1.81. The van der Waals surface area contributed by atoms with Gasteiger partial charge >= 0.3 is 0 Å². The topological polar surface area (TPSA) is 22.1 Å². The minimum absolute atomic E-state index is 0.737. The zero-order chi connectivity index (χ0) is 8.39. The number of aromatic nitrogens is 1. The van der Waals surface area contributed by atoms with E-state index in [0.29, 0.717) is 0 Å². The molecule has 1 radical (unpaired) electrons. The fourth-order valence-corrected chi connectivity index (χ4v) is 1.14. The zero-order valence-electron chi connectivity index (χ0n) is 6.53. The normalized spacial score (nSPS) is 10.1. The van der Waals surface area contributed by atoms with Gasteiger partial charge in [-0.2, -0.15) is 0 Å². The Bertz CT molecular complexity index is 398. The fraction of sp³-hybridized carbons (Fsp3) is 0. The lowest BCUT2D eigenvalue weighted by Gasteiger charge is -1.99. The predicted octanol–water partition coefficient (Wildman–Crippen LogP) is 2.41. The van der Waals surface area contributed by atoms with Crippen LogP contribution in [0, 0.1) is 7.11 Å². The zero-order valence-corrected chi connectivity index (χ0v) is 6.53. The van der Waals surface area contributed by atoms with Gasteiger partial charge in [-0.15, -0.1) is 0 Å². The summed E-state index contributed by atoms with van der Waals surface area (Å²) in [7, 11) is 3.33. The standard InChI is InChI=1S/C10H8NO/c1-12-9-5-4-8-3-2-6-11-10(8)7-9/h2-7H,1H2. The van der Waals surface area contributed by atoms with Crippen molar-refractivity contribution in [3.05, 3.63) is 43.6 Å². The largest absolute Gasteiger partial charge is 0.490 e. The molecule has 0 spiro atoms. The molecule has 12 heavy (non-hydrogen) atoms. The van der Waals surface area contributed by atoms with E-state index in [-0.39, 0.29) is 0 Å². The molecule has 0 unspecified atom stereocenters. The van der Waals surface area contributed by atoms with E-state index in [1.165, 1.54) is 0 Å². The highest BCUT2D eigenvalue weighted by molar-refractivity contribution is 5.79. The predicted molar refractivity (Wildman–Crippen MR) is 47.7 cm³/mol. The maximum atomic E-state index is 4.83. The van der Waals surface area contributed by atoms with E-state index in [2.05, 4.69) is 12.1 Å². The summed E-state index contributed by atoms with van der Waals surface area (Å²) in [6.45, 7) is 0. The van der Waals surface area contributed by atoms with Crippen LogP contribution in [0.25, 0.3) is 10.9 Å². The van der Waals surface area contributed by atoms with Crippen molar-refractivity contribution >= 4 is 10.9 Å². The Kier molecular flexibility index (Phi) is 1.67. The van der Waals surface area contributed by atoms with Crippen LogP contribution in [0.4, 0.5) is 0 Å². The maximum Gasteiger partial charge on any atom is 0.122 e. The van der Waals surface area contributed by atoms with Gasteiger partial charge in [0.15, 0.2) is 0 Å². The second-order valence-corrected chi connectivity index (χ2v) is 2.50. The second-order valence-electron chi connectivity index (χ2n) is 2.50. The molecular weight excluding hydrogens is 150 g/mol. The van der Waals surface area contributed by atoms with Crippen LogP contribution in [0.5, 0.6) is 5.75 Å². The highest BCUT2D eigenvalue weighted by atomic mass is 16.5. The Hall–Kier alpha value is -1.57. The third kappa shape index (κ3) is 1.11. The van der Waals surface area contributed by atoms with Gasteiger partial charge in [-0.05, 0) is 18.2 Å². The van der Waals surface area contributed by atoms with Crippen LogP contribution in [0.3, 0.4) is 0 Å². The van der Waals surface area contributed by atoms with Crippen LogP contribution >= 0.6 is 0 Å². The molecule has 2 heteroatoms. The van der Waals surface area contributed by atoms with E-state index < -0.39 is 0 Å². The summed E-state index contributed by atoms with van der Waals surface area (Å²) in [5.74, 6) is 0.737. The molecule has 0 saturated heterocycles. The first-order chi connectivity index (χ1) is 5.90. The average molecular weight is 158 g/mol. The Balaban J connectivity index is 2.67. The van der Waals surface area contributed by atoms with Gasteiger partial charge in [0.2, 0.25) is 0 Å². The first kappa shape index (κ1) is 7.10. The summed E-state index contributed by atoms with van der Waals surface area (Å²) < 4.78 is 4.83. The van der Waals surface area contributed by atoms with Crippen molar-refractivity contribution in [2.24, 2.45) is 0 Å². The molecule has 2 rings (SSSR count). The molecule has 0 aliphatic heterocycles. The van der Waals surface area contributed by atoms with Crippen molar-refractivity contribution in [3.63, 3.8) is 0 Å². The van der Waals surface area contributed by atoms with Crippen LogP contribution < -0.4 is 4.74 Å². The van der Waals surface area contributed by atoms with E-state index >= 15 is 0 Å². The number of nitrogens with zero attached hydrogens (tertiary/aromatic N) is 1. The van der Waals surface area contributed by atoms with Gasteiger partial charge in [0.1, 0.15) is 12.9 Å². The smallest absolute Gasteiger partial charge is 0.122 e. The molecule has 0 saturated carbocycles. The monoisotopic (exact) mass is 158 g/mol. The Morgan fingerprint density at radius 3 is 3.00 bits per heavy atom. The molecule has 1 aromatic carbocycles. The molecule has 0 fully saturated rings. The van der Waals surface area contributed by atoms with Crippen LogP contribution in [-0.2, 0) is 0 Å². The number of hydrogen-bond donors (Lipinski definition) is 0. The molecule has 2 nitrogen and oxygen atoms in total. The summed E-state index contributed by atoms with van der Waals surface area (Å²) in [6, 6.07) is 9.62. The molecule has 0 N–H and O–H groups in total. The van der Waals surface area contributed by atoms with Crippen molar-refractivity contribution in [2.75, 3.05) is 0 Å². The highest BCUT2D eigenvalue weighted by Gasteiger charge is 1.94. The second kappa shape index (κ2) is 2.81. The van der Waals surface area contributed by atoms with E-state index in [1.54, 1.807) is 6.20 Å². The fourth-order valence-electron chi connectivity index (χ4n) is 1.14. The van der Waals surface area contributed by atoms with Crippen LogP contribution in [0.15, 0.2) is 36.5 Å². The summed E-state index contributed by atoms with van der Waals surface area (Å²) in [5.41, 5.74) is 0.929. The Morgan fingerprint density at radius 2 is 2.17 bits per heavy atom. The number of rotatable bonds is 1. The van der Waals surface area contributed by atoms with Gasteiger partial charge in [-0.25, -0.2) is 0 Å². The van der Waals surface area contributed by atoms with Gasteiger partial charge in [-0.1, -0.05) is 6.07 Å². The summed E-state index contributed by atoms with van der Waals surface area (Å²) in [6.07, 6.45) is 1.76. The molecular formula is C10H8NO. The van der Waals surface area contributed by atoms with Crippen molar-refractivity contribution in [2.45, 2.75) is 0 Å². The molecule has 1 aromatic heterocycles. The molecule has 1 heterocycles. The molecule has 0 bridgehead atoms. The van der Waals surface area contributed by atoms with Crippen molar-refractivity contribution in [1.29, 1.82) is 0 Å². The van der Waals surface area contributed by atoms with E-state index in [1.807, 2.05) is 30.3 Å². The van der Waals surface area contributed by atoms with Gasteiger partial charge in [0.05, 0.1) is 5.52 Å². The van der Waals surface area contributed by atoms with Crippen molar-refractivity contribution in [3.8, 4) is 5.75 Å². The lowest BCUT2D eigenvalue weighted by atomic mass is 10.2. The van der Waals surface area contributed by atoms with Gasteiger partial charge < -0.3 is 4.74 Å². The van der Waals surface area contributed by atoms with E-state index in [4.69, 9.17) is 4.74 Å². The molecule has 0 atom stereocenters. The molecule has 0 amide bonds. The first-order valence-corrected chi connectivity index (χ1v) is 3.67. The number of ether oxygens (including phenoxy) is 1. The van der Waals surface area contributed by atoms with Gasteiger partial charge in [-0.3, -0.25) is 4.98 Å². The average Bonchev–Trinajstić information content (AvgIpc) is 2.17. The number of fused-ring (bicyclic) bond motifs is 1. The molecule has 0 aliphatic carbocycles. The van der Waals surface area contributed by atoms with Crippen molar-refractivity contribution < 1.29 is 4.74 Å². The van der Waals surface area contributed by atoms with Gasteiger partial charge in [0.25, 0.3) is 0 Å². The number of benzene rings is 1. The first-order valence-electron chi connectivity index (χ1n) is 3.67. The summed E-state index contributed by atoms with van der Waals surface area (Å²) in [4.78, 5) is 4.18. The highest BCUT2D eigenvalue weighted by Crippen LogP contribution is 2.17. The third-order valence-electron chi connectivity index (χ3n) is 1.74. The lowest BCUT2D eigenvalue weighted by molar-refractivity contribution is 0.473. The van der Waals surface area contributed by atoms with Crippen LogP contribution in [0.1, 0.15) is 0 Å². The quantitative estimate of drug-likeness (QED) is 0.635. The molecule has 0 aliphatic rings. The number of pyridine rings is 1. The van der Waals surface area contributed by atoms with Crippen LogP contribution in [0.2, 0.25) is 0 Å². The SMILES string of the molecule is [CH2]Oc1ccc2cccnc2c1. The molecule has 59 valence electrons. The van der Waals surface area contributed by atoms with Crippen molar-refractivity contribution in [1.82, 2.24) is 4.98 Å². The summed E-state index contributed by atoms with van der Waals surface area (Å²) in [5, 5.41) is 1.11. The summed E-state index contributed by atoms with van der Waals surface area (Å²) >= 11 is 0.